The molecule has 0 aliphatic rings. The third-order valence-electron chi connectivity index (χ3n) is 3.71. The van der Waals surface area contributed by atoms with Crippen LogP contribution in [-0.4, -0.2) is 36.5 Å². The summed E-state index contributed by atoms with van der Waals surface area (Å²) in [5, 5.41) is 5.52. The molecule has 1 atom stereocenters. The maximum absolute atomic E-state index is 12.5. The van der Waals surface area contributed by atoms with E-state index in [-0.39, 0.29) is 42.8 Å². The number of ether oxygens (including phenoxy) is 1. The molecule has 0 aliphatic carbocycles. The van der Waals surface area contributed by atoms with E-state index in [1.807, 2.05) is 32.9 Å². The maximum Gasteiger partial charge on any atom is 0.307 e. The average molecular weight is 362 g/mol. The molecule has 0 radical (unpaired) electrons. The van der Waals surface area contributed by atoms with Gasteiger partial charge in [-0.15, -0.1) is 0 Å². The lowest BCUT2D eigenvalue weighted by Gasteiger charge is -2.20. The molecule has 26 heavy (non-hydrogen) atoms. The molecule has 2 N–H and O–H groups in total. The van der Waals surface area contributed by atoms with Gasteiger partial charge >= 0.3 is 5.97 Å². The molecule has 0 saturated heterocycles. The summed E-state index contributed by atoms with van der Waals surface area (Å²) in [7, 11) is 0. The van der Waals surface area contributed by atoms with Gasteiger partial charge in [0.1, 0.15) is 6.04 Å². The molecular formula is C20H30N2O4. The van der Waals surface area contributed by atoms with Crippen LogP contribution in [0.4, 0.5) is 0 Å². The molecular weight excluding hydrogens is 332 g/mol. The molecule has 1 aromatic rings. The van der Waals surface area contributed by atoms with Crippen molar-refractivity contribution in [1.29, 1.82) is 0 Å². The summed E-state index contributed by atoms with van der Waals surface area (Å²) in [6.07, 6.45) is 0.435. The first kappa shape index (κ1) is 21.7. The van der Waals surface area contributed by atoms with Crippen molar-refractivity contribution in [3.8, 4) is 0 Å². The van der Waals surface area contributed by atoms with Crippen molar-refractivity contribution in [1.82, 2.24) is 10.6 Å². The van der Waals surface area contributed by atoms with E-state index in [0.29, 0.717) is 12.0 Å². The first-order valence-electron chi connectivity index (χ1n) is 9.04. The van der Waals surface area contributed by atoms with Crippen LogP contribution < -0.4 is 10.6 Å². The molecule has 144 valence electrons. The Hall–Kier alpha value is -2.37. The molecule has 1 rings (SSSR count). The molecule has 2 amide bonds. The Morgan fingerprint density at radius 1 is 1.08 bits per heavy atom. The zero-order valence-electron chi connectivity index (χ0n) is 16.3. The largest absolute Gasteiger partial charge is 0.463 e. The summed E-state index contributed by atoms with van der Waals surface area (Å²) in [6.45, 7) is 9.55. The minimum absolute atomic E-state index is 0.101. The zero-order valence-corrected chi connectivity index (χ0v) is 16.3. The van der Waals surface area contributed by atoms with E-state index in [9.17, 15) is 14.4 Å². The van der Waals surface area contributed by atoms with Gasteiger partial charge < -0.3 is 15.4 Å². The number of benzene rings is 1. The van der Waals surface area contributed by atoms with Crippen LogP contribution in [0.5, 0.6) is 0 Å². The number of carbonyl (C=O) groups is 3. The number of esters is 1. The third kappa shape index (κ3) is 7.68. The van der Waals surface area contributed by atoms with Crippen LogP contribution in [-0.2, 0) is 14.3 Å². The maximum atomic E-state index is 12.5. The molecule has 0 heterocycles. The van der Waals surface area contributed by atoms with Gasteiger partial charge in [0.15, 0.2) is 0 Å². The number of carbonyl (C=O) groups excluding carboxylic acids is 3. The highest BCUT2D eigenvalue weighted by Gasteiger charge is 2.23. The minimum atomic E-state index is -0.650. The average Bonchev–Trinajstić information content (AvgIpc) is 2.53. The quantitative estimate of drug-likeness (QED) is 0.661. The Balaban J connectivity index is 2.65. The molecule has 6 heteroatoms. The number of hydrogen-bond acceptors (Lipinski definition) is 4. The molecule has 0 bridgehead atoms. The van der Waals surface area contributed by atoms with Gasteiger partial charge in [0.05, 0.1) is 12.5 Å². The van der Waals surface area contributed by atoms with Crippen LogP contribution in [0.15, 0.2) is 24.3 Å². The normalized spacial score (nSPS) is 12.0. The van der Waals surface area contributed by atoms with Gasteiger partial charge in [0, 0.05) is 12.1 Å². The predicted molar refractivity (Wildman–Crippen MR) is 101 cm³/mol. The second kappa shape index (κ2) is 10.6. The van der Waals surface area contributed by atoms with Gasteiger partial charge in [-0.3, -0.25) is 14.4 Å². The molecule has 1 unspecified atom stereocenters. The summed E-state index contributed by atoms with van der Waals surface area (Å²) in [5.41, 5.74) is 1.40. The highest BCUT2D eigenvalue weighted by molar-refractivity contribution is 5.98. The smallest absolute Gasteiger partial charge is 0.307 e. The van der Waals surface area contributed by atoms with Gasteiger partial charge in [0.2, 0.25) is 5.91 Å². The van der Waals surface area contributed by atoms with Crippen LogP contribution in [0, 0.1) is 12.8 Å². The summed E-state index contributed by atoms with van der Waals surface area (Å²) in [5.74, 6) is -0.695. The molecule has 0 spiro atoms. The lowest BCUT2D eigenvalue weighted by atomic mass is 10.0. The third-order valence-corrected chi connectivity index (χ3v) is 3.71. The SMILES string of the molecule is Cc1ccccc1C(=O)NC(CC(C)C)C(=O)NCCC(=O)OC(C)C. The number of aryl methyl sites for hydroxylation is 1. The van der Waals surface area contributed by atoms with Crippen LogP contribution in [0.3, 0.4) is 0 Å². The number of rotatable bonds is 9. The second-order valence-corrected chi connectivity index (χ2v) is 7.05. The Morgan fingerprint density at radius 2 is 1.73 bits per heavy atom. The van der Waals surface area contributed by atoms with Crippen LogP contribution in [0.25, 0.3) is 0 Å². The van der Waals surface area contributed by atoms with Crippen molar-refractivity contribution in [2.75, 3.05) is 6.54 Å². The number of nitrogens with one attached hydrogen (secondary N) is 2. The van der Waals surface area contributed by atoms with Crippen molar-refractivity contribution >= 4 is 17.8 Å². The van der Waals surface area contributed by atoms with Crippen molar-refractivity contribution in [2.45, 2.75) is 59.6 Å². The predicted octanol–water partition coefficient (Wildman–Crippen LogP) is 2.60. The van der Waals surface area contributed by atoms with E-state index in [1.165, 1.54) is 0 Å². The molecule has 0 aliphatic heterocycles. The van der Waals surface area contributed by atoms with Crippen molar-refractivity contribution in [2.24, 2.45) is 5.92 Å². The Bertz CT molecular complexity index is 626. The van der Waals surface area contributed by atoms with E-state index in [2.05, 4.69) is 10.6 Å². The summed E-state index contributed by atoms with van der Waals surface area (Å²) < 4.78 is 5.03. The Morgan fingerprint density at radius 3 is 2.31 bits per heavy atom. The van der Waals surface area contributed by atoms with Crippen molar-refractivity contribution in [3.63, 3.8) is 0 Å². The zero-order chi connectivity index (χ0) is 19.7. The first-order chi connectivity index (χ1) is 12.2. The first-order valence-corrected chi connectivity index (χ1v) is 9.04. The van der Waals surface area contributed by atoms with Gasteiger partial charge in [-0.1, -0.05) is 32.0 Å². The Labute approximate surface area is 155 Å². The minimum Gasteiger partial charge on any atom is -0.463 e. The van der Waals surface area contributed by atoms with E-state index in [4.69, 9.17) is 4.74 Å². The molecule has 1 aromatic carbocycles. The van der Waals surface area contributed by atoms with Gasteiger partial charge in [-0.05, 0) is 44.7 Å². The van der Waals surface area contributed by atoms with Crippen LogP contribution in [0.2, 0.25) is 0 Å². The fraction of sp³-hybridized carbons (Fsp3) is 0.550. The fourth-order valence-corrected chi connectivity index (χ4v) is 2.50. The highest BCUT2D eigenvalue weighted by Crippen LogP contribution is 2.10. The lowest BCUT2D eigenvalue weighted by molar-refractivity contribution is -0.147. The number of amides is 2. The standard InChI is InChI=1S/C20H30N2O4/c1-13(2)12-17(20(25)21-11-10-18(23)26-14(3)4)22-19(24)16-9-7-6-8-15(16)5/h6-9,13-14,17H,10-12H2,1-5H3,(H,21,25)(H,22,24). The molecule has 0 fully saturated rings. The van der Waals surface area contributed by atoms with Gasteiger partial charge in [-0.25, -0.2) is 0 Å². The molecule has 0 aromatic heterocycles. The van der Waals surface area contributed by atoms with E-state index in [0.717, 1.165) is 5.56 Å². The van der Waals surface area contributed by atoms with Gasteiger partial charge in [-0.2, -0.15) is 0 Å². The van der Waals surface area contributed by atoms with Crippen molar-refractivity contribution in [3.05, 3.63) is 35.4 Å². The van der Waals surface area contributed by atoms with E-state index < -0.39 is 6.04 Å². The summed E-state index contributed by atoms with van der Waals surface area (Å²) >= 11 is 0. The topological polar surface area (TPSA) is 84.5 Å². The highest BCUT2D eigenvalue weighted by atomic mass is 16.5. The monoisotopic (exact) mass is 362 g/mol. The Kier molecular flexibility index (Phi) is 8.82. The van der Waals surface area contributed by atoms with Crippen molar-refractivity contribution < 1.29 is 19.1 Å². The van der Waals surface area contributed by atoms with Gasteiger partial charge in [0.25, 0.3) is 5.91 Å². The second-order valence-electron chi connectivity index (χ2n) is 7.05. The van der Waals surface area contributed by atoms with E-state index >= 15 is 0 Å². The molecule has 0 saturated carbocycles. The fourth-order valence-electron chi connectivity index (χ4n) is 2.50. The van der Waals surface area contributed by atoms with Crippen LogP contribution >= 0.6 is 0 Å². The number of hydrogen-bond donors (Lipinski definition) is 2. The lowest BCUT2D eigenvalue weighted by Crippen LogP contribution is -2.48. The van der Waals surface area contributed by atoms with Crippen LogP contribution in [0.1, 0.15) is 56.5 Å². The summed E-state index contributed by atoms with van der Waals surface area (Å²) in [4.78, 5) is 36.5. The summed E-state index contributed by atoms with van der Waals surface area (Å²) in [6, 6.07) is 6.59. The van der Waals surface area contributed by atoms with E-state index in [1.54, 1.807) is 26.0 Å². The molecule has 6 nitrogen and oxygen atoms in total.